The van der Waals surface area contributed by atoms with Crippen LogP contribution >= 0.6 is 0 Å². The molecule has 16 heteroatoms. The van der Waals surface area contributed by atoms with Crippen molar-refractivity contribution in [2.24, 2.45) is 10.9 Å². The molecule has 3 aromatic heterocycles. The fourth-order valence-corrected chi connectivity index (χ4v) is 11.9. The third kappa shape index (κ3) is 9.50. The fraction of sp³-hybridized carbons (Fsp3) is 0.468. The van der Waals surface area contributed by atoms with E-state index in [2.05, 4.69) is 86.0 Å². The van der Waals surface area contributed by atoms with Gasteiger partial charge in [0, 0.05) is 40.6 Å². The number of hydrogen-bond donors (Lipinski definition) is 3. The van der Waals surface area contributed by atoms with Gasteiger partial charge in [-0.1, -0.05) is 65.8 Å². The van der Waals surface area contributed by atoms with Crippen molar-refractivity contribution in [3.8, 4) is 39.5 Å². The predicted molar refractivity (Wildman–Crippen MR) is 245 cm³/mol. The number of H-pyrrole nitrogens is 2. The summed E-state index contributed by atoms with van der Waals surface area (Å²) in [7, 11) is 0.787. The van der Waals surface area contributed by atoms with E-state index >= 15 is 0 Å². The predicted octanol–water partition coefficient (Wildman–Crippen LogP) is 9.75. The third-order valence-electron chi connectivity index (χ3n) is 12.3. The average Bonchev–Trinajstić information content (AvgIpc) is 4.09. The largest absolute Gasteiger partial charge is 0.470 e. The van der Waals surface area contributed by atoms with E-state index in [1.54, 1.807) is 0 Å². The molecule has 0 saturated carbocycles. The number of ether oxygens (including phenoxy) is 3. The Bertz CT molecular complexity index is 2540. The first kappa shape index (κ1) is 45.0. The summed E-state index contributed by atoms with van der Waals surface area (Å²) in [5.41, 5.74) is 6.96. The van der Waals surface area contributed by atoms with Crippen molar-refractivity contribution in [1.82, 2.24) is 34.7 Å². The Balaban J connectivity index is 1.11. The highest BCUT2D eigenvalue weighted by Crippen LogP contribution is 2.45. The number of carbonyl (C=O) groups is 4. The SMILES string of the molecule is CCCCC(CCC(=O)C(=NC(=O)OC)C(C)C)c1ncc(-c2ccc3c(c2)cc2n3C(C)Oc3cc(-c4cnc(C5C[Si](C)(C)CN5C(=O)C(CC)NC(=O)OC)[nH]4)ccc3-2)[nH]1. The molecule has 15 nitrogen and oxygen atoms in total. The topological polar surface area (TPSA) is 186 Å². The second-order valence-electron chi connectivity index (χ2n) is 17.8. The first-order valence-corrected chi connectivity index (χ1v) is 25.5. The van der Waals surface area contributed by atoms with Crippen LogP contribution in [0.15, 0.2) is 59.9 Å². The van der Waals surface area contributed by atoms with Crippen LogP contribution in [0.2, 0.25) is 19.1 Å². The van der Waals surface area contributed by atoms with Gasteiger partial charge in [0.1, 0.15) is 23.4 Å². The van der Waals surface area contributed by atoms with E-state index in [0.29, 0.717) is 19.0 Å². The Labute approximate surface area is 369 Å². The van der Waals surface area contributed by atoms with Crippen LogP contribution in [0.3, 0.4) is 0 Å². The van der Waals surface area contributed by atoms with Crippen LogP contribution in [-0.4, -0.2) is 93.5 Å². The van der Waals surface area contributed by atoms with Gasteiger partial charge in [-0.2, -0.15) is 4.99 Å². The maximum atomic E-state index is 13.8. The molecule has 4 atom stereocenters. The molecular weight excluding hydrogens is 817 g/mol. The molecule has 1 fully saturated rings. The monoisotopic (exact) mass is 876 g/mol. The number of alkyl carbamates (subject to hydrolysis) is 1. The van der Waals surface area contributed by atoms with Crippen LogP contribution in [0.5, 0.6) is 5.75 Å². The van der Waals surface area contributed by atoms with Gasteiger partial charge in [0.05, 0.1) is 69.0 Å². The number of unbranched alkanes of at least 4 members (excludes halogenated alkanes) is 1. The lowest BCUT2D eigenvalue weighted by molar-refractivity contribution is -0.134. The quantitative estimate of drug-likeness (QED) is 0.0680. The van der Waals surface area contributed by atoms with Crippen LogP contribution in [0.25, 0.3) is 44.7 Å². The Kier molecular flexibility index (Phi) is 13.4. The molecule has 5 aromatic rings. The van der Waals surface area contributed by atoms with Gasteiger partial charge in [0.25, 0.3) is 0 Å². The number of aliphatic imine (C=N–C) groups is 1. The maximum Gasteiger partial charge on any atom is 0.433 e. The molecule has 7 rings (SSSR count). The van der Waals surface area contributed by atoms with Crippen LogP contribution in [-0.2, 0) is 19.1 Å². The summed E-state index contributed by atoms with van der Waals surface area (Å²) >= 11 is 0. The van der Waals surface area contributed by atoms with Crippen LogP contribution in [0.1, 0.15) is 103 Å². The summed E-state index contributed by atoms with van der Waals surface area (Å²) in [6.07, 6.45) is 6.89. The summed E-state index contributed by atoms with van der Waals surface area (Å²) in [5.74, 6) is 1.90. The lowest BCUT2D eigenvalue weighted by Crippen LogP contribution is -2.49. The second-order valence-corrected chi connectivity index (χ2v) is 22.9. The molecule has 334 valence electrons. The van der Waals surface area contributed by atoms with E-state index in [4.69, 9.17) is 19.4 Å². The minimum Gasteiger partial charge on any atom is -0.470 e. The molecule has 0 bridgehead atoms. The van der Waals surface area contributed by atoms with Crippen molar-refractivity contribution in [3.05, 3.63) is 66.5 Å². The van der Waals surface area contributed by atoms with E-state index in [1.807, 2.05) is 51.1 Å². The molecule has 63 heavy (non-hydrogen) atoms. The number of nitrogens with zero attached hydrogens (tertiary/aromatic N) is 5. The minimum atomic E-state index is -1.76. The second kappa shape index (κ2) is 18.7. The van der Waals surface area contributed by atoms with Crippen molar-refractivity contribution < 1.29 is 33.4 Å². The zero-order valence-electron chi connectivity index (χ0n) is 37.8. The third-order valence-corrected chi connectivity index (χ3v) is 15.0. The number of ketones is 1. The molecule has 0 spiro atoms. The van der Waals surface area contributed by atoms with Crippen LogP contribution < -0.4 is 10.1 Å². The van der Waals surface area contributed by atoms with Gasteiger partial charge in [0.2, 0.25) is 5.91 Å². The summed E-state index contributed by atoms with van der Waals surface area (Å²) < 4.78 is 18.3. The van der Waals surface area contributed by atoms with E-state index in [1.165, 1.54) is 14.2 Å². The number of methoxy groups -OCH3 is 2. The van der Waals surface area contributed by atoms with Gasteiger partial charge in [-0.3, -0.25) is 9.59 Å². The molecule has 5 heterocycles. The van der Waals surface area contributed by atoms with Crippen LogP contribution in [0, 0.1) is 5.92 Å². The number of rotatable bonds is 15. The highest BCUT2D eigenvalue weighted by Gasteiger charge is 2.45. The number of nitrogens with one attached hydrogen (secondary N) is 3. The Morgan fingerprint density at radius 1 is 0.968 bits per heavy atom. The molecule has 3 N–H and O–H groups in total. The molecule has 4 unspecified atom stereocenters. The lowest BCUT2D eigenvalue weighted by atomic mass is 9.92. The normalized spacial score (nSPS) is 17.8. The van der Waals surface area contributed by atoms with Gasteiger partial charge in [-0.25, -0.2) is 19.6 Å². The zero-order valence-corrected chi connectivity index (χ0v) is 38.8. The summed E-state index contributed by atoms with van der Waals surface area (Å²) in [5, 5.41) is 3.77. The molecule has 0 radical (unpaired) electrons. The van der Waals surface area contributed by atoms with E-state index in [9.17, 15) is 19.2 Å². The molecule has 2 aliphatic rings. The highest BCUT2D eigenvalue weighted by molar-refractivity contribution is 6.78. The first-order chi connectivity index (χ1) is 30.1. The van der Waals surface area contributed by atoms with Crippen molar-refractivity contribution in [2.75, 3.05) is 20.4 Å². The van der Waals surface area contributed by atoms with Gasteiger partial charge in [-0.05, 0) is 68.5 Å². The van der Waals surface area contributed by atoms with E-state index in [-0.39, 0.29) is 47.9 Å². The van der Waals surface area contributed by atoms with Crippen molar-refractivity contribution in [2.45, 2.75) is 117 Å². The first-order valence-electron chi connectivity index (χ1n) is 22.1. The summed E-state index contributed by atoms with van der Waals surface area (Å²) in [6.45, 7) is 14.3. The maximum absolute atomic E-state index is 13.8. The highest BCUT2D eigenvalue weighted by atomic mass is 28.3. The number of amides is 3. The van der Waals surface area contributed by atoms with Crippen molar-refractivity contribution in [1.29, 1.82) is 0 Å². The van der Waals surface area contributed by atoms with Gasteiger partial charge in [-0.15, -0.1) is 0 Å². The van der Waals surface area contributed by atoms with Gasteiger partial charge >= 0.3 is 12.2 Å². The molecule has 3 amide bonds. The molecule has 1 saturated heterocycles. The van der Waals surface area contributed by atoms with Gasteiger partial charge < -0.3 is 39.0 Å². The Hall–Kier alpha value is -6.03. The number of fused-ring (bicyclic) bond motifs is 5. The van der Waals surface area contributed by atoms with E-state index < -0.39 is 26.3 Å². The number of benzene rings is 2. The lowest BCUT2D eigenvalue weighted by Gasteiger charge is -2.28. The van der Waals surface area contributed by atoms with Crippen molar-refractivity contribution in [3.63, 3.8) is 0 Å². The number of hydrogen-bond acceptors (Lipinski definition) is 9. The Morgan fingerprint density at radius 3 is 2.41 bits per heavy atom. The van der Waals surface area contributed by atoms with E-state index in [0.717, 1.165) is 87.4 Å². The number of aromatic nitrogens is 5. The number of carbonyl (C=O) groups excluding carboxylic acids is 4. The summed E-state index contributed by atoms with van der Waals surface area (Å²) in [6, 6.07) is 14.7. The standard InChI is InChI=1S/C47H60N8O7Si/c1-10-12-13-29(16-19-40(56)42(27(3)4)53-47(59)61-7)43-48-23-35(50-43)30-15-18-37-32(20-30)21-38-33-17-14-31(22-41(33)62-28(5)55(37)38)36-24-49-44(51-36)39-25-63(8,9)26-54(39)45(57)34(11-2)52-46(58)60-6/h14-15,17-18,20-24,27-29,34,39H,10-13,16,19,25-26H2,1-9H3,(H,48,50)(H,49,51)(H,52,58). The molecule has 0 aliphatic carbocycles. The Morgan fingerprint density at radius 2 is 1.70 bits per heavy atom. The molecular formula is C47H60N8O7Si. The smallest absolute Gasteiger partial charge is 0.433 e. The number of Topliss-reactive ketones (excluding diaryl/α,β-unsaturated/α-hetero) is 1. The van der Waals surface area contributed by atoms with Crippen molar-refractivity contribution >= 4 is 48.6 Å². The minimum absolute atomic E-state index is 0.0401. The van der Waals surface area contributed by atoms with Gasteiger partial charge in [0.15, 0.2) is 12.0 Å². The zero-order chi connectivity index (χ0) is 45.2. The average molecular weight is 877 g/mol. The van der Waals surface area contributed by atoms with Crippen LogP contribution in [0.4, 0.5) is 9.59 Å². The number of imidazole rings is 2. The molecule has 2 aromatic carbocycles. The fourth-order valence-electron chi connectivity index (χ4n) is 9.03. The molecule has 2 aliphatic heterocycles. The number of aromatic amines is 2. The summed E-state index contributed by atoms with van der Waals surface area (Å²) in [4.78, 5) is 73.4.